The van der Waals surface area contributed by atoms with Gasteiger partial charge in [0.25, 0.3) is 0 Å². The van der Waals surface area contributed by atoms with E-state index in [9.17, 15) is 4.79 Å². The van der Waals surface area contributed by atoms with Crippen LogP contribution in [-0.4, -0.2) is 12.9 Å². The van der Waals surface area contributed by atoms with Gasteiger partial charge in [0.2, 0.25) is 0 Å². The quantitative estimate of drug-likeness (QED) is 0.768. The standard InChI is InChI=1S/C17H18O2/c1-11-10-17(19-4)12(2)9-16(11)15-8-6-5-7-14(15)13(3)18/h5-10H,1-4H3. The Bertz CT molecular complexity index is 627. The molecular formula is C17H18O2. The molecule has 0 amide bonds. The summed E-state index contributed by atoms with van der Waals surface area (Å²) in [6.45, 7) is 5.65. The zero-order valence-electron chi connectivity index (χ0n) is 11.8. The summed E-state index contributed by atoms with van der Waals surface area (Å²) in [4.78, 5) is 11.7. The van der Waals surface area contributed by atoms with E-state index in [-0.39, 0.29) is 5.78 Å². The maximum atomic E-state index is 11.7. The molecule has 98 valence electrons. The molecule has 0 aliphatic heterocycles. The molecule has 0 saturated heterocycles. The number of hydrogen-bond acceptors (Lipinski definition) is 2. The summed E-state index contributed by atoms with van der Waals surface area (Å²) in [5.41, 5.74) is 5.01. The Labute approximate surface area is 114 Å². The number of aryl methyl sites for hydroxylation is 2. The second kappa shape index (κ2) is 5.27. The normalized spacial score (nSPS) is 10.3. The molecule has 2 nitrogen and oxygen atoms in total. The van der Waals surface area contributed by atoms with Gasteiger partial charge >= 0.3 is 0 Å². The van der Waals surface area contributed by atoms with E-state index in [1.807, 2.05) is 44.2 Å². The highest BCUT2D eigenvalue weighted by Gasteiger charge is 2.12. The summed E-state index contributed by atoms with van der Waals surface area (Å²) >= 11 is 0. The van der Waals surface area contributed by atoms with Gasteiger partial charge in [-0.15, -0.1) is 0 Å². The van der Waals surface area contributed by atoms with Crippen molar-refractivity contribution in [2.24, 2.45) is 0 Å². The zero-order chi connectivity index (χ0) is 14.0. The average Bonchev–Trinajstić information content (AvgIpc) is 2.40. The van der Waals surface area contributed by atoms with Crippen LogP contribution in [0, 0.1) is 13.8 Å². The number of benzene rings is 2. The molecule has 2 aromatic rings. The van der Waals surface area contributed by atoms with Gasteiger partial charge in [-0.25, -0.2) is 0 Å². The topological polar surface area (TPSA) is 26.3 Å². The lowest BCUT2D eigenvalue weighted by molar-refractivity contribution is 0.101. The molecule has 0 aliphatic carbocycles. The minimum absolute atomic E-state index is 0.0865. The highest BCUT2D eigenvalue weighted by atomic mass is 16.5. The van der Waals surface area contributed by atoms with Gasteiger partial charge < -0.3 is 4.74 Å². The van der Waals surface area contributed by atoms with Gasteiger partial charge in [-0.1, -0.05) is 24.3 Å². The molecule has 2 heteroatoms. The Balaban J connectivity index is 2.66. The minimum atomic E-state index is 0.0865. The largest absolute Gasteiger partial charge is 0.496 e. The molecule has 2 rings (SSSR count). The van der Waals surface area contributed by atoms with Crippen molar-refractivity contribution in [1.82, 2.24) is 0 Å². The first-order valence-electron chi connectivity index (χ1n) is 6.30. The summed E-state index contributed by atoms with van der Waals surface area (Å²) in [6.07, 6.45) is 0. The predicted octanol–water partition coefficient (Wildman–Crippen LogP) is 4.18. The van der Waals surface area contributed by atoms with Crippen LogP contribution in [0.4, 0.5) is 0 Å². The van der Waals surface area contributed by atoms with E-state index in [2.05, 4.69) is 6.07 Å². The van der Waals surface area contributed by atoms with Crippen LogP contribution in [-0.2, 0) is 0 Å². The third-order valence-electron chi connectivity index (χ3n) is 3.34. The number of hydrogen-bond donors (Lipinski definition) is 0. The van der Waals surface area contributed by atoms with Crippen molar-refractivity contribution >= 4 is 5.78 Å². The molecule has 0 fully saturated rings. The van der Waals surface area contributed by atoms with Crippen molar-refractivity contribution in [3.63, 3.8) is 0 Å². The molecule has 0 unspecified atom stereocenters. The van der Waals surface area contributed by atoms with E-state index in [1.165, 1.54) is 0 Å². The number of methoxy groups -OCH3 is 1. The van der Waals surface area contributed by atoms with E-state index < -0.39 is 0 Å². The highest BCUT2D eigenvalue weighted by Crippen LogP contribution is 2.32. The van der Waals surface area contributed by atoms with Gasteiger partial charge in [0.05, 0.1) is 7.11 Å². The number of carbonyl (C=O) groups is 1. The Morgan fingerprint density at radius 2 is 1.68 bits per heavy atom. The van der Waals surface area contributed by atoms with E-state index in [1.54, 1.807) is 14.0 Å². The molecule has 0 radical (unpaired) electrons. The van der Waals surface area contributed by atoms with Crippen molar-refractivity contribution in [3.8, 4) is 16.9 Å². The number of rotatable bonds is 3. The highest BCUT2D eigenvalue weighted by molar-refractivity contribution is 6.01. The SMILES string of the molecule is COc1cc(C)c(-c2ccccc2C(C)=O)cc1C. The summed E-state index contributed by atoms with van der Waals surface area (Å²) in [5, 5.41) is 0. The van der Waals surface area contributed by atoms with Crippen molar-refractivity contribution < 1.29 is 9.53 Å². The van der Waals surface area contributed by atoms with Crippen molar-refractivity contribution in [3.05, 3.63) is 53.1 Å². The van der Waals surface area contributed by atoms with E-state index >= 15 is 0 Å². The lowest BCUT2D eigenvalue weighted by atomic mass is 9.93. The van der Waals surface area contributed by atoms with Gasteiger partial charge in [0.1, 0.15) is 5.75 Å². The second-order valence-corrected chi connectivity index (χ2v) is 4.74. The fourth-order valence-electron chi connectivity index (χ4n) is 2.32. The van der Waals surface area contributed by atoms with E-state index in [4.69, 9.17) is 4.74 Å². The second-order valence-electron chi connectivity index (χ2n) is 4.74. The summed E-state index contributed by atoms with van der Waals surface area (Å²) < 4.78 is 5.33. The van der Waals surface area contributed by atoms with Gasteiger partial charge in [-0.3, -0.25) is 4.79 Å². The third-order valence-corrected chi connectivity index (χ3v) is 3.34. The molecule has 19 heavy (non-hydrogen) atoms. The van der Waals surface area contributed by atoms with Crippen LogP contribution in [0.5, 0.6) is 5.75 Å². The Morgan fingerprint density at radius 3 is 2.32 bits per heavy atom. The fraction of sp³-hybridized carbons (Fsp3) is 0.235. The molecule has 0 aromatic heterocycles. The van der Waals surface area contributed by atoms with Crippen LogP contribution >= 0.6 is 0 Å². The third kappa shape index (κ3) is 2.53. The van der Waals surface area contributed by atoms with Crippen LogP contribution in [0.3, 0.4) is 0 Å². The van der Waals surface area contributed by atoms with Crippen LogP contribution < -0.4 is 4.74 Å². The number of ketones is 1. The Morgan fingerprint density at radius 1 is 1.00 bits per heavy atom. The molecule has 0 aliphatic rings. The predicted molar refractivity (Wildman–Crippen MR) is 77.9 cm³/mol. The maximum absolute atomic E-state index is 11.7. The minimum Gasteiger partial charge on any atom is -0.496 e. The van der Waals surface area contributed by atoms with Crippen LogP contribution in [0.2, 0.25) is 0 Å². The zero-order valence-corrected chi connectivity index (χ0v) is 11.8. The van der Waals surface area contributed by atoms with Crippen molar-refractivity contribution in [2.45, 2.75) is 20.8 Å². The molecular weight excluding hydrogens is 236 g/mol. The van der Waals surface area contributed by atoms with Crippen LogP contribution in [0.25, 0.3) is 11.1 Å². The van der Waals surface area contributed by atoms with Gasteiger partial charge in [-0.05, 0) is 55.2 Å². The van der Waals surface area contributed by atoms with E-state index in [0.717, 1.165) is 33.6 Å². The van der Waals surface area contributed by atoms with Gasteiger partial charge in [0.15, 0.2) is 5.78 Å². The first kappa shape index (κ1) is 13.3. The molecule has 0 saturated carbocycles. The summed E-state index contributed by atoms with van der Waals surface area (Å²) in [7, 11) is 1.67. The molecule has 0 N–H and O–H groups in total. The lowest BCUT2D eigenvalue weighted by Crippen LogP contribution is -1.98. The molecule has 0 atom stereocenters. The summed E-state index contributed by atoms with van der Waals surface area (Å²) in [5.74, 6) is 0.963. The maximum Gasteiger partial charge on any atom is 0.160 e. The monoisotopic (exact) mass is 254 g/mol. The number of carbonyl (C=O) groups excluding carboxylic acids is 1. The summed E-state index contributed by atoms with van der Waals surface area (Å²) in [6, 6.07) is 11.8. The van der Waals surface area contributed by atoms with E-state index in [0.29, 0.717) is 0 Å². The van der Waals surface area contributed by atoms with Crippen molar-refractivity contribution in [1.29, 1.82) is 0 Å². The molecule has 2 aromatic carbocycles. The van der Waals surface area contributed by atoms with Gasteiger partial charge in [0, 0.05) is 5.56 Å². The first-order valence-corrected chi connectivity index (χ1v) is 6.30. The molecule has 0 bridgehead atoms. The first-order chi connectivity index (χ1) is 9.04. The van der Waals surface area contributed by atoms with Crippen LogP contribution in [0.15, 0.2) is 36.4 Å². The average molecular weight is 254 g/mol. The number of Topliss-reactive ketones (excluding diaryl/α,β-unsaturated/α-hetero) is 1. The van der Waals surface area contributed by atoms with Gasteiger partial charge in [-0.2, -0.15) is 0 Å². The molecule has 0 spiro atoms. The fourth-order valence-corrected chi connectivity index (χ4v) is 2.32. The van der Waals surface area contributed by atoms with Crippen LogP contribution in [0.1, 0.15) is 28.4 Å². The lowest BCUT2D eigenvalue weighted by Gasteiger charge is -2.13. The smallest absolute Gasteiger partial charge is 0.160 e. The van der Waals surface area contributed by atoms with Crippen molar-refractivity contribution in [2.75, 3.05) is 7.11 Å². The molecule has 0 heterocycles. The Hall–Kier alpha value is -2.09. The Kier molecular flexibility index (Phi) is 3.70. The number of ether oxygens (including phenoxy) is 1.